The molecular formula is C14H10N4. The van der Waals surface area contributed by atoms with Crippen LogP contribution in [0.4, 0.5) is 0 Å². The summed E-state index contributed by atoms with van der Waals surface area (Å²) in [5.41, 5.74) is 4.37. The molecule has 1 N–H and O–H groups in total. The monoisotopic (exact) mass is 234 g/mol. The molecule has 0 atom stereocenters. The summed E-state index contributed by atoms with van der Waals surface area (Å²) >= 11 is 0. The summed E-state index contributed by atoms with van der Waals surface area (Å²) < 4.78 is 2.00. The van der Waals surface area contributed by atoms with E-state index in [1.165, 1.54) is 11.1 Å². The Labute approximate surface area is 103 Å². The van der Waals surface area contributed by atoms with Crippen LogP contribution in [0.3, 0.4) is 0 Å². The van der Waals surface area contributed by atoms with Crippen molar-refractivity contribution in [2.75, 3.05) is 0 Å². The summed E-state index contributed by atoms with van der Waals surface area (Å²) in [6.07, 6.45) is 9.43. The predicted molar refractivity (Wildman–Crippen MR) is 70.3 cm³/mol. The zero-order chi connectivity index (χ0) is 11.9. The number of hydrogen-bond acceptors (Lipinski definition) is 2. The average molecular weight is 234 g/mol. The van der Waals surface area contributed by atoms with Crippen LogP contribution in [0.5, 0.6) is 0 Å². The fourth-order valence-electron chi connectivity index (χ4n) is 2.30. The van der Waals surface area contributed by atoms with Crippen molar-refractivity contribution in [1.29, 1.82) is 0 Å². The van der Waals surface area contributed by atoms with Crippen molar-refractivity contribution in [3.05, 3.63) is 55.4 Å². The average Bonchev–Trinajstić information content (AvgIpc) is 3.05. The first-order valence-corrected chi connectivity index (χ1v) is 5.76. The molecule has 0 aliphatic heterocycles. The maximum atomic E-state index is 4.31. The van der Waals surface area contributed by atoms with Gasteiger partial charge in [0.25, 0.3) is 0 Å². The zero-order valence-electron chi connectivity index (χ0n) is 9.54. The molecule has 0 bridgehead atoms. The Kier molecular flexibility index (Phi) is 1.80. The van der Waals surface area contributed by atoms with Crippen LogP contribution in [0.15, 0.2) is 55.4 Å². The Morgan fingerprint density at radius 2 is 2.17 bits per heavy atom. The largest absolute Gasteiger partial charge is 0.346 e. The van der Waals surface area contributed by atoms with E-state index in [1.807, 2.05) is 35.3 Å². The van der Waals surface area contributed by atoms with E-state index in [0.717, 1.165) is 16.6 Å². The van der Waals surface area contributed by atoms with Crippen LogP contribution in [0.2, 0.25) is 0 Å². The van der Waals surface area contributed by atoms with E-state index in [9.17, 15) is 0 Å². The summed E-state index contributed by atoms with van der Waals surface area (Å²) in [6.45, 7) is 0. The smallest absolute Gasteiger partial charge is 0.137 e. The van der Waals surface area contributed by atoms with E-state index in [1.54, 1.807) is 6.33 Å². The predicted octanol–water partition coefficient (Wildman–Crippen LogP) is 2.88. The van der Waals surface area contributed by atoms with Crippen LogP contribution in [0, 0.1) is 0 Å². The third kappa shape index (κ3) is 1.26. The molecule has 0 unspecified atom stereocenters. The Bertz CT molecular complexity index is 841. The molecule has 0 saturated heterocycles. The van der Waals surface area contributed by atoms with Crippen molar-refractivity contribution >= 4 is 16.6 Å². The SMILES string of the molecule is c1cc(-c2ccn3cncc3c2)c2cc[nH]c2n1. The van der Waals surface area contributed by atoms with Crippen LogP contribution >= 0.6 is 0 Å². The number of rotatable bonds is 1. The van der Waals surface area contributed by atoms with Gasteiger partial charge in [-0.05, 0) is 35.4 Å². The third-order valence-electron chi connectivity index (χ3n) is 3.19. The molecule has 18 heavy (non-hydrogen) atoms. The number of aromatic amines is 1. The molecule has 4 heterocycles. The summed E-state index contributed by atoms with van der Waals surface area (Å²) in [6, 6.07) is 8.32. The topological polar surface area (TPSA) is 46.0 Å². The van der Waals surface area contributed by atoms with E-state index >= 15 is 0 Å². The number of nitrogens with zero attached hydrogens (tertiary/aromatic N) is 3. The number of fused-ring (bicyclic) bond motifs is 2. The van der Waals surface area contributed by atoms with Crippen molar-refractivity contribution in [2.24, 2.45) is 0 Å². The van der Waals surface area contributed by atoms with Gasteiger partial charge in [-0.3, -0.25) is 0 Å². The lowest BCUT2D eigenvalue weighted by molar-refractivity contribution is 1.15. The molecule has 0 radical (unpaired) electrons. The van der Waals surface area contributed by atoms with E-state index in [2.05, 4.69) is 33.2 Å². The first-order valence-electron chi connectivity index (χ1n) is 5.76. The van der Waals surface area contributed by atoms with Crippen LogP contribution in [-0.4, -0.2) is 19.4 Å². The Morgan fingerprint density at radius 1 is 1.17 bits per heavy atom. The quantitative estimate of drug-likeness (QED) is 0.550. The molecule has 4 rings (SSSR count). The molecule has 0 fully saturated rings. The highest BCUT2D eigenvalue weighted by Crippen LogP contribution is 2.27. The minimum Gasteiger partial charge on any atom is -0.346 e. The third-order valence-corrected chi connectivity index (χ3v) is 3.19. The number of pyridine rings is 2. The number of aromatic nitrogens is 4. The summed E-state index contributed by atoms with van der Waals surface area (Å²) in [4.78, 5) is 11.6. The fraction of sp³-hybridized carbons (Fsp3) is 0. The van der Waals surface area contributed by atoms with Gasteiger partial charge in [-0.25, -0.2) is 9.97 Å². The lowest BCUT2D eigenvalue weighted by Crippen LogP contribution is -1.85. The molecule has 4 nitrogen and oxygen atoms in total. The zero-order valence-corrected chi connectivity index (χ0v) is 9.54. The van der Waals surface area contributed by atoms with E-state index < -0.39 is 0 Å². The van der Waals surface area contributed by atoms with E-state index in [0.29, 0.717) is 0 Å². The first-order chi connectivity index (χ1) is 8.92. The van der Waals surface area contributed by atoms with Crippen LogP contribution in [0.1, 0.15) is 0 Å². The van der Waals surface area contributed by atoms with Crippen LogP contribution < -0.4 is 0 Å². The minimum atomic E-state index is 0.917. The van der Waals surface area contributed by atoms with Crippen molar-refractivity contribution in [3.63, 3.8) is 0 Å². The molecule has 0 amide bonds. The van der Waals surface area contributed by atoms with Crippen LogP contribution in [0.25, 0.3) is 27.7 Å². The minimum absolute atomic E-state index is 0.917. The second-order valence-electron chi connectivity index (χ2n) is 4.24. The van der Waals surface area contributed by atoms with Gasteiger partial charge in [0.2, 0.25) is 0 Å². The van der Waals surface area contributed by atoms with Gasteiger partial charge in [0, 0.05) is 24.0 Å². The summed E-state index contributed by atoms with van der Waals surface area (Å²) in [7, 11) is 0. The van der Waals surface area contributed by atoms with Gasteiger partial charge >= 0.3 is 0 Å². The fourth-order valence-corrected chi connectivity index (χ4v) is 2.30. The molecule has 0 aromatic carbocycles. The summed E-state index contributed by atoms with van der Waals surface area (Å²) in [5.74, 6) is 0. The van der Waals surface area contributed by atoms with Crippen molar-refractivity contribution < 1.29 is 0 Å². The number of imidazole rings is 1. The van der Waals surface area contributed by atoms with Gasteiger partial charge in [-0.2, -0.15) is 0 Å². The lowest BCUT2D eigenvalue weighted by atomic mass is 10.1. The highest BCUT2D eigenvalue weighted by molar-refractivity contribution is 5.93. The molecular weight excluding hydrogens is 224 g/mol. The van der Waals surface area contributed by atoms with Gasteiger partial charge in [-0.1, -0.05) is 0 Å². The number of H-pyrrole nitrogens is 1. The molecule has 4 heteroatoms. The van der Waals surface area contributed by atoms with E-state index in [4.69, 9.17) is 0 Å². The second-order valence-corrected chi connectivity index (χ2v) is 4.24. The van der Waals surface area contributed by atoms with Gasteiger partial charge in [0.1, 0.15) is 5.65 Å². The summed E-state index contributed by atoms with van der Waals surface area (Å²) in [5, 5.41) is 1.14. The lowest BCUT2D eigenvalue weighted by Gasteiger charge is -2.04. The van der Waals surface area contributed by atoms with Gasteiger partial charge < -0.3 is 9.38 Å². The number of nitrogens with one attached hydrogen (secondary N) is 1. The standard InChI is InChI=1S/C14H10N4/c1-4-16-14-13(2-5-17-14)12(1)10-3-6-18-9-15-8-11(18)7-10/h1-9H,(H,16,17). The molecule has 0 saturated carbocycles. The van der Waals surface area contributed by atoms with Gasteiger partial charge in [0.05, 0.1) is 18.0 Å². The van der Waals surface area contributed by atoms with E-state index in [-0.39, 0.29) is 0 Å². The maximum Gasteiger partial charge on any atom is 0.137 e. The van der Waals surface area contributed by atoms with Crippen molar-refractivity contribution in [1.82, 2.24) is 19.4 Å². The number of hydrogen-bond donors (Lipinski definition) is 1. The van der Waals surface area contributed by atoms with Gasteiger partial charge in [0.15, 0.2) is 0 Å². The molecule has 0 spiro atoms. The molecule has 86 valence electrons. The normalized spacial score (nSPS) is 11.3. The highest BCUT2D eigenvalue weighted by atomic mass is 15.0. The first kappa shape index (κ1) is 9.41. The molecule has 0 aliphatic carbocycles. The molecule has 0 aliphatic rings. The highest BCUT2D eigenvalue weighted by Gasteiger charge is 2.05. The molecule has 4 aromatic rings. The van der Waals surface area contributed by atoms with Crippen molar-refractivity contribution in [2.45, 2.75) is 0 Å². The van der Waals surface area contributed by atoms with Crippen LogP contribution in [-0.2, 0) is 0 Å². The Morgan fingerprint density at radius 3 is 3.17 bits per heavy atom. The maximum absolute atomic E-state index is 4.31. The Balaban J connectivity index is 2.03. The second kappa shape index (κ2) is 3.43. The van der Waals surface area contributed by atoms with Crippen molar-refractivity contribution in [3.8, 4) is 11.1 Å². The van der Waals surface area contributed by atoms with Gasteiger partial charge in [-0.15, -0.1) is 0 Å². The Hall–Kier alpha value is -2.62. The molecule has 4 aromatic heterocycles.